The minimum absolute atomic E-state index is 0.903. The average molecular weight is 160 g/mol. The molecule has 4 heteroatoms. The van der Waals surface area contributed by atoms with E-state index in [1.54, 1.807) is 0 Å². The molecule has 1 aromatic rings. The maximum atomic E-state index is 13.5. The van der Waals surface area contributed by atoms with Crippen LogP contribution in [0.15, 0.2) is 18.1 Å². The number of rotatable bonds is 1. The van der Waals surface area contributed by atoms with Gasteiger partial charge in [0, 0.05) is 9.58 Å². The van der Waals surface area contributed by atoms with Crippen molar-refractivity contribution in [2.75, 3.05) is 0 Å². The zero-order valence-electron chi connectivity index (χ0n) is 11.3. The number of halogens is 1. The predicted octanol–water partition coefficient (Wildman–Crippen LogP) is -0.186. The van der Waals surface area contributed by atoms with E-state index in [9.17, 15) is 4.39 Å². The molecule has 0 radical (unpaired) electrons. The monoisotopic (exact) mass is 160 g/mol. The van der Waals surface area contributed by atoms with Crippen molar-refractivity contribution in [2.45, 2.75) is 6.85 Å². The lowest BCUT2D eigenvalue weighted by Crippen LogP contribution is -2.32. The summed E-state index contributed by atoms with van der Waals surface area (Å²) in [5.41, 5.74) is -1.88. The van der Waals surface area contributed by atoms with Crippen LogP contribution in [0, 0.1) is 12.7 Å². The summed E-state index contributed by atoms with van der Waals surface area (Å²) in [4.78, 5) is 0. The van der Waals surface area contributed by atoms with Gasteiger partial charge in [0.15, 0.2) is 0 Å². The zero-order valence-corrected chi connectivity index (χ0v) is 5.35. The third kappa shape index (κ3) is 1.79. The minimum Gasteiger partial charge on any atom is -0.423 e. The van der Waals surface area contributed by atoms with E-state index >= 15 is 0 Å². The molecule has 1 aromatic carbocycles. The molecule has 0 saturated heterocycles. The summed E-state index contributed by atoms with van der Waals surface area (Å²) in [6.45, 7) is -2.91. The molecule has 58 valence electrons. The van der Waals surface area contributed by atoms with E-state index in [1.807, 2.05) is 0 Å². The van der Waals surface area contributed by atoms with Gasteiger partial charge < -0.3 is 10.0 Å². The highest BCUT2D eigenvalue weighted by Crippen LogP contribution is 1.99. The summed E-state index contributed by atoms with van der Waals surface area (Å²) >= 11 is 0. The van der Waals surface area contributed by atoms with Crippen molar-refractivity contribution in [1.82, 2.24) is 0 Å². The van der Waals surface area contributed by atoms with Gasteiger partial charge in [-0.2, -0.15) is 0 Å². The molecule has 0 aliphatic carbocycles. The standard InChI is InChI=1S/C7H8BFO2/c1-5-2-3-6(8(10)11)7(9)4-5/h2-4,10-11H,1H3/i1D3,2D,3D,4D. The van der Waals surface area contributed by atoms with Crippen LogP contribution in [0.4, 0.5) is 4.39 Å². The van der Waals surface area contributed by atoms with Crippen molar-refractivity contribution in [2.24, 2.45) is 0 Å². The highest BCUT2D eigenvalue weighted by molar-refractivity contribution is 6.58. The highest BCUT2D eigenvalue weighted by Gasteiger charge is 2.15. The van der Waals surface area contributed by atoms with Gasteiger partial charge in [-0.3, -0.25) is 0 Å². The number of benzene rings is 1. The Kier molecular flexibility index (Phi) is 0.894. The quantitative estimate of drug-likeness (QED) is 0.559. The average Bonchev–Trinajstić information content (AvgIpc) is 2.12. The molecule has 0 amide bonds. The molecule has 0 aliphatic rings. The van der Waals surface area contributed by atoms with Crippen molar-refractivity contribution in [3.05, 3.63) is 29.5 Å². The highest BCUT2D eigenvalue weighted by atomic mass is 19.1. The lowest BCUT2D eigenvalue weighted by atomic mass is 9.79. The van der Waals surface area contributed by atoms with E-state index in [0.717, 1.165) is 0 Å². The van der Waals surface area contributed by atoms with Gasteiger partial charge in [-0.05, 0) is 18.5 Å². The molecule has 0 saturated carbocycles. The predicted molar refractivity (Wildman–Crippen MR) is 41.0 cm³/mol. The Morgan fingerprint density at radius 2 is 2.36 bits per heavy atom. The van der Waals surface area contributed by atoms with Crippen molar-refractivity contribution < 1.29 is 22.7 Å². The zero-order chi connectivity index (χ0) is 13.5. The van der Waals surface area contributed by atoms with Gasteiger partial charge in [0.2, 0.25) is 0 Å². The molecule has 1 rings (SSSR count). The summed E-state index contributed by atoms with van der Waals surface area (Å²) in [6.07, 6.45) is 0. The molecular weight excluding hydrogens is 146 g/mol. The fourth-order valence-corrected chi connectivity index (χ4v) is 0.571. The normalized spacial score (nSPS) is 18.8. The fourth-order valence-electron chi connectivity index (χ4n) is 0.571. The number of hydrogen-bond donors (Lipinski definition) is 2. The molecule has 0 heterocycles. The Bertz CT molecular complexity index is 432. The summed E-state index contributed by atoms with van der Waals surface area (Å²) in [7, 11) is -2.37. The first-order chi connectivity index (χ1) is 7.59. The van der Waals surface area contributed by atoms with Gasteiger partial charge in [0.25, 0.3) is 0 Å². The topological polar surface area (TPSA) is 40.5 Å². The van der Waals surface area contributed by atoms with Crippen molar-refractivity contribution in [1.29, 1.82) is 0 Å². The Balaban J connectivity index is 3.71. The molecule has 2 N–H and O–H groups in total. The van der Waals surface area contributed by atoms with Gasteiger partial charge in [0.1, 0.15) is 5.82 Å². The van der Waals surface area contributed by atoms with E-state index in [2.05, 4.69) is 0 Å². The Morgan fingerprint density at radius 3 is 2.91 bits per heavy atom. The second-order valence-corrected chi connectivity index (χ2v) is 1.85. The maximum absolute atomic E-state index is 13.5. The van der Waals surface area contributed by atoms with Gasteiger partial charge in [-0.15, -0.1) is 0 Å². The summed E-state index contributed by atoms with van der Waals surface area (Å²) in [5.74, 6) is -1.51. The molecule has 0 fully saturated rings. The molecule has 0 atom stereocenters. The van der Waals surface area contributed by atoms with E-state index < -0.39 is 48.9 Å². The van der Waals surface area contributed by atoms with E-state index in [0.29, 0.717) is 0 Å². The van der Waals surface area contributed by atoms with Gasteiger partial charge in [-0.25, -0.2) is 4.39 Å². The molecule has 2 nitrogen and oxygen atoms in total. The van der Waals surface area contributed by atoms with Crippen molar-refractivity contribution in [3.63, 3.8) is 0 Å². The van der Waals surface area contributed by atoms with Crippen LogP contribution in [0.2, 0.25) is 0 Å². The van der Waals surface area contributed by atoms with E-state index in [1.165, 1.54) is 0 Å². The third-order valence-corrected chi connectivity index (χ3v) is 1.05. The summed E-state index contributed by atoms with van der Waals surface area (Å²) < 4.78 is 56.6. The van der Waals surface area contributed by atoms with Gasteiger partial charge in [-0.1, -0.05) is 12.1 Å². The second kappa shape index (κ2) is 3.03. The van der Waals surface area contributed by atoms with Crippen molar-refractivity contribution in [3.8, 4) is 0 Å². The van der Waals surface area contributed by atoms with Crippen molar-refractivity contribution >= 4 is 12.6 Å². The molecule has 0 aliphatic heterocycles. The molecule has 11 heavy (non-hydrogen) atoms. The van der Waals surface area contributed by atoms with Gasteiger partial charge in [0.05, 0.1) is 4.11 Å². The maximum Gasteiger partial charge on any atom is 0.491 e. The molecule has 0 aromatic heterocycles. The summed E-state index contributed by atoms with van der Waals surface area (Å²) in [5, 5.41) is 17.6. The van der Waals surface area contributed by atoms with Crippen LogP contribution in [0.25, 0.3) is 0 Å². The Hall–Kier alpha value is -0.865. The largest absolute Gasteiger partial charge is 0.491 e. The molecular formula is C7H8BFO2. The second-order valence-electron chi connectivity index (χ2n) is 1.85. The van der Waals surface area contributed by atoms with Gasteiger partial charge >= 0.3 is 7.12 Å². The summed E-state index contributed by atoms with van der Waals surface area (Å²) in [6, 6.07) is -2.96. The lowest BCUT2D eigenvalue weighted by molar-refractivity contribution is 0.423. The first-order valence-electron chi connectivity index (χ1n) is 5.74. The lowest BCUT2D eigenvalue weighted by Gasteiger charge is -2.00. The van der Waals surface area contributed by atoms with Crippen LogP contribution in [-0.2, 0) is 0 Å². The van der Waals surface area contributed by atoms with Crippen LogP contribution in [0.3, 0.4) is 0 Å². The fraction of sp³-hybridized carbons (Fsp3) is 0.143. The van der Waals surface area contributed by atoms with Crippen LogP contribution in [-0.4, -0.2) is 17.2 Å². The molecule has 0 unspecified atom stereocenters. The van der Waals surface area contributed by atoms with Crippen LogP contribution >= 0.6 is 0 Å². The smallest absolute Gasteiger partial charge is 0.423 e. The first-order valence-corrected chi connectivity index (χ1v) is 2.74. The third-order valence-electron chi connectivity index (χ3n) is 1.05. The van der Waals surface area contributed by atoms with Crippen LogP contribution in [0.1, 0.15) is 13.8 Å². The number of hydrogen-bond acceptors (Lipinski definition) is 2. The molecule has 0 bridgehead atoms. The minimum atomic E-state index is -2.91. The molecule has 0 spiro atoms. The Morgan fingerprint density at radius 1 is 1.64 bits per heavy atom. The van der Waals surface area contributed by atoms with Crippen LogP contribution in [0.5, 0.6) is 0 Å². The first kappa shape index (κ1) is 3.25. The van der Waals surface area contributed by atoms with E-state index in [-0.39, 0.29) is 0 Å². The van der Waals surface area contributed by atoms with Crippen LogP contribution < -0.4 is 5.46 Å². The van der Waals surface area contributed by atoms with E-state index in [4.69, 9.17) is 18.3 Å². The Labute approximate surface area is 72.9 Å². The SMILES string of the molecule is [2H]c1c([2H])c(C([2H])([2H])[2H])c([2H])c(F)c1B(O)O.